The van der Waals surface area contributed by atoms with Gasteiger partial charge in [-0.15, -0.1) is 5.10 Å². The molecular weight excluding hydrogens is 349 g/mol. The Labute approximate surface area is 149 Å². The molecule has 0 fully saturated rings. The van der Waals surface area contributed by atoms with Crippen molar-refractivity contribution in [2.45, 2.75) is 12.7 Å². The van der Waals surface area contributed by atoms with E-state index in [1.54, 1.807) is 13.0 Å². The van der Waals surface area contributed by atoms with Crippen LogP contribution in [0.25, 0.3) is 0 Å². The van der Waals surface area contributed by atoms with E-state index in [1.807, 2.05) is 30.3 Å². The smallest absolute Gasteiger partial charge is 0.180 e. The Balaban J connectivity index is 2.01. The molecule has 0 amide bonds. The Morgan fingerprint density at radius 1 is 1.29 bits per heavy atom. The first-order chi connectivity index (χ1) is 11.6. The zero-order chi connectivity index (χ0) is 17.4. The summed E-state index contributed by atoms with van der Waals surface area (Å²) in [5.41, 5.74) is 7.15. The lowest BCUT2D eigenvalue weighted by Crippen LogP contribution is -2.06. The molecule has 2 rings (SSSR count). The highest BCUT2D eigenvalue weighted by Crippen LogP contribution is 2.29. The molecule has 0 saturated heterocycles. The maximum atomic E-state index is 14.2. The van der Waals surface area contributed by atoms with E-state index in [4.69, 9.17) is 22.1 Å². The van der Waals surface area contributed by atoms with Gasteiger partial charge in [0, 0.05) is 11.3 Å². The summed E-state index contributed by atoms with van der Waals surface area (Å²) in [5, 5.41) is 8.20. The lowest BCUT2D eigenvalue weighted by molar-refractivity contribution is 0.321. The van der Waals surface area contributed by atoms with Crippen molar-refractivity contribution < 1.29 is 9.13 Å². The summed E-state index contributed by atoms with van der Waals surface area (Å²) < 4.78 is 19.4. The number of halogens is 2. The third-order valence-corrected chi connectivity index (χ3v) is 4.10. The first kappa shape index (κ1) is 18.3. The van der Waals surface area contributed by atoms with Gasteiger partial charge in [-0.3, -0.25) is 0 Å². The van der Waals surface area contributed by atoms with Crippen LogP contribution in [0.15, 0.2) is 52.7 Å². The molecule has 2 aromatic carbocycles. The van der Waals surface area contributed by atoms with Crippen molar-refractivity contribution in [2.24, 2.45) is 15.9 Å². The molecule has 0 aliphatic heterocycles. The van der Waals surface area contributed by atoms with E-state index >= 15 is 0 Å². The van der Waals surface area contributed by atoms with Gasteiger partial charge in [-0.25, -0.2) is 4.39 Å². The third kappa shape index (κ3) is 5.25. The van der Waals surface area contributed by atoms with Gasteiger partial charge >= 0.3 is 0 Å². The van der Waals surface area contributed by atoms with Gasteiger partial charge in [0.25, 0.3) is 0 Å². The molecule has 0 aliphatic carbocycles. The zero-order valence-corrected chi connectivity index (χ0v) is 14.6. The number of rotatable bonds is 6. The second-order valence-electron chi connectivity index (χ2n) is 4.67. The highest BCUT2D eigenvalue weighted by Gasteiger charge is 2.12. The van der Waals surface area contributed by atoms with E-state index in [-0.39, 0.29) is 16.3 Å². The Morgan fingerprint density at radius 2 is 2.04 bits per heavy atom. The molecule has 0 aliphatic rings. The maximum Gasteiger partial charge on any atom is 0.180 e. The highest BCUT2D eigenvalue weighted by molar-refractivity contribution is 8.13. The van der Waals surface area contributed by atoms with Crippen LogP contribution in [0.1, 0.15) is 18.1 Å². The number of benzene rings is 2. The number of ether oxygens (including phenoxy) is 1. The van der Waals surface area contributed by atoms with Gasteiger partial charge in [-0.1, -0.05) is 53.7 Å². The fraction of sp³-hybridized carbons (Fsp3) is 0.176. The van der Waals surface area contributed by atoms with E-state index in [0.29, 0.717) is 17.5 Å². The number of hydrogen-bond donors (Lipinski definition) is 1. The average molecular weight is 366 g/mol. The predicted molar refractivity (Wildman–Crippen MR) is 99.5 cm³/mol. The van der Waals surface area contributed by atoms with Crippen molar-refractivity contribution in [3.8, 4) is 5.75 Å². The summed E-state index contributed by atoms with van der Waals surface area (Å²) >= 11 is 7.26. The summed E-state index contributed by atoms with van der Waals surface area (Å²) in [6, 6.07) is 12.9. The normalized spacial score (nSPS) is 11.9. The summed E-state index contributed by atoms with van der Waals surface area (Å²) in [5.74, 6) is 0.132. The van der Waals surface area contributed by atoms with E-state index in [9.17, 15) is 4.39 Å². The van der Waals surface area contributed by atoms with Crippen LogP contribution >= 0.6 is 23.4 Å². The lowest BCUT2D eigenvalue weighted by atomic mass is 10.2. The number of amidine groups is 1. The quantitative estimate of drug-likeness (QED) is 0.467. The van der Waals surface area contributed by atoms with Crippen LogP contribution in [0.2, 0.25) is 5.02 Å². The molecule has 2 aromatic rings. The number of nitrogens with two attached hydrogens (primary N) is 1. The van der Waals surface area contributed by atoms with Crippen LogP contribution in [0.5, 0.6) is 5.75 Å². The molecule has 7 heteroatoms. The second-order valence-corrected chi connectivity index (χ2v) is 6.07. The van der Waals surface area contributed by atoms with Crippen molar-refractivity contribution in [1.82, 2.24) is 0 Å². The molecule has 4 nitrogen and oxygen atoms in total. The number of nitrogens with zero attached hydrogens (tertiary/aromatic N) is 2. The highest BCUT2D eigenvalue weighted by atomic mass is 35.5. The van der Waals surface area contributed by atoms with Crippen LogP contribution in [-0.4, -0.2) is 18.0 Å². The Hall–Kier alpha value is -2.05. The van der Waals surface area contributed by atoms with Crippen LogP contribution < -0.4 is 10.5 Å². The van der Waals surface area contributed by atoms with Crippen molar-refractivity contribution in [2.75, 3.05) is 6.61 Å². The molecule has 0 atom stereocenters. The molecule has 0 aromatic heterocycles. The Bertz CT molecular complexity index is 738. The molecule has 0 spiro atoms. The lowest BCUT2D eigenvalue weighted by Gasteiger charge is -2.08. The summed E-state index contributed by atoms with van der Waals surface area (Å²) in [6.45, 7) is 2.07. The van der Waals surface area contributed by atoms with Gasteiger partial charge in [-0.05, 0) is 24.6 Å². The standard InChI is InChI=1S/C17H17ClFN3OS/c1-2-23-16-14(18)9-8-13(15(16)19)10-21-22-17(20)24-11-12-6-4-3-5-7-12/h3-10H,2,11H2,1H3,(H2,20,22). The monoisotopic (exact) mass is 365 g/mol. The fourth-order valence-corrected chi connectivity index (χ4v) is 2.64. The first-order valence-corrected chi connectivity index (χ1v) is 8.62. The molecule has 0 radical (unpaired) electrons. The topological polar surface area (TPSA) is 60.0 Å². The minimum atomic E-state index is -0.571. The Morgan fingerprint density at radius 3 is 2.75 bits per heavy atom. The molecular formula is C17H17ClFN3OS. The van der Waals surface area contributed by atoms with E-state index in [0.717, 1.165) is 5.56 Å². The van der Waals surface area contributed by atoms with E-state index in [2.05, 4.69) is 10.2 Å². The molecule has 126 valence electrons. The minimum absolute atomic E-state index is 0.0125. The summed E-state index contributed by atoms with van der Waals surface area (Å²) in [7, 11) is 0. The Kier molecular flexibility index (Phi) is 7.08. The second kappa shape index (κ2) is 9.30. The van der Waals surface area contributed by atoms with Gasteiger partial charge in [0.1, 0.15) is 0 Å². The third-order valence-electron chi connectivity index (χ3n) is 2.95. The summed E-state index contributed by atoms with van der Waals surface area (Å²) in [4.78, 5) is 0. The minimum Gasteiger partial charge on any atom is -0.489 e. The van der Waals surface area contributed by atoms with Crippen molar-refractivity contribution in [1.29, 1.82) is 0 Å². The molecule has 0 saturated carbocycles. The van der Waals surface area contributed by atoms with Crippen LogP contribution in [0, 0.1) is 5.82 Å². The van der Waals surface area contributed by atoms with Gasteiger partial charge in [0.15, 0.2) is 16.7 Å². The van der Waals surface area contributed by atoms with E-state index in [1.165, 1.54) is 24.0 Å². The molecule has 0 heterocycles. The summed E-state index contributed by atoms with van der Waals surface area (Å²) in [6.07, 6.45) is 1.28. The van der Waals surface area contributed by atoms with Crippen molar-refractivity contribution in [3.63, 3.8) is 0 Å². The number of hydrogen-bond acceptors (Lipinski definition) is 4. The van der Waals surface area contributed by atoms with Crippen LogP contribution in [-0.2, 0) is 5.75 Å². The van der Waals surface area contributed by atoms with Crippen LogP contribution in [0.3, 0.4) is 0 Å². The van der Waals surface area contributed by atoms with E-state index < -0.39 is 5.82 Å². The SMILES string of the molecule is CCOc1c(Cl)ccc(C=NN=C(N)SCc2ccccc2)c1F. The van der Waals surface area contributed by atoms with Crippen molar-refractivity contribution in [3.05, 3.63) is 64.4 Å². The molecule has 0 bridgehead atoms. The van der Waals surface area contributed by atoms with Gasteiger partial charge < -0.3 is 10.5 Å². The molecule has 0 unspecified atom stereocenters. The fourth-order valence-electron chi connectivity index (χ4n) is 1.83. The van der Waals surface area contributed by atoms with Gasteiger partial charge in [0.2, 0.25) is 0 Å². The van der Waals surface area contributed by atoms with Gasteiger partial charge in [0.05, 0.1) is 17.8 Å². The predicted octanol–water partition coefficient (Wildman–Crippen LogP) is 4.46. The van der Waals surface area contributed by atoms with Crippen LogP contribution in [0.4, 0.5) is 4.39 Å². The number of thioether (sulfide) groups is 1. The van der Waals surface area contributed by atoms with Gasteiger partial charge in [-0.2, -0.15) is 5.10 Å². The maximum absolute atomic E-state index is 14.2. The molecule has 24 heavy (non-hydrogen) atoms. The van der Waals surface area contributed by atoms with Crippen molar-refractivity contribution >= 4 is 34.7 Å². The molecule has 2 N–H and O–H groups in total. The first-order valence-electron chi connectivity index (χ1n) is 7.25. The zero-order valence-electron chi connectivity index (χ0n) is 13.1. The average Bonchev–Trinajstić information content (AvgIpc) is 2.59. The largest absolute Gasteiger partial charge is 0.489 e.